The number of aryl methyl sites for hydroxylation is 2. The number of nitrogens with two attached hydrogens (primary N) is 1. The van der Waals surface area contributed by atoms with E-state index in [0.29, 0.717) is 37.4 Å². The highest BCUT2D eigenvalue weighted by atomic mass is 16.5. The summed E-state index contributed by atoms with van der Waals surface area (Å²) in [6, 6.07) is 1.80. The van der Waals surface area contributed by atoms with Gasteiger partial charge in [0, 0.05) is 37.3 Å². The first kappa shape index (κ1) is 16.3. The number of urea groups is 1. The topological polar surface area (TPSA) is 98.3 Å². The van der Waals surface area contributed by atoms with E-state index in [1.54, 1.807) is 4.90 Å². The van der Waals surface area contributed by atoms with Gasteiger partial charge in [0.25, 0.3) is 5.91 Å². The molecule has 120 valence electrons. The molecule has 7 nitrogen and oxygen atoms in total. The van der Waals surface area contributed by atoms with Crippen molar-refractivity contribution in [1.82, 2.24) is 15.5 Å². The Labute approximate surface area is 129 Å². The maximum atomic E-state index is 12.4. The molecule has 1 fully saturated rings. The Morgan fingerprint density at radius 1 is 1.41 bits per heavy atom. The smallest absolute Gasteiger partial charge is 0.317 e. The third-order valence-electron chi connectivity index (χ3n) is 4.00. The second-order valence-electron chi connectivity index (χ2n) is 5.53. The number of nitrogens with zero attached hydrogens (tertiary/aromatic N) is 1. The quantitative estimate of drug-likeness (QED) is 0.453. The van der Waals surface area contributed by atoms with Crippen LogP contribution < -0.4 is 16.1 Å². The molecule has 0 bridgehead atoms. The van der Waals surface area contributed by atoms with Gasteiger partial charge in [0.2, 0.25) is 0 Å². The summed E-state index contributed by atoms with van der Waals surface area (Å²) in [5, 5.41) is 14.9. The number of amides is 3. The van der Waals surface area contributed by atoms with E-state index in [2.05, 4.69) is 10.6 Å². The Kier molecular flexibility index (Phi) is 4.99. The summed E-state index contributed by atoms with van der Waals surface area (Å²) in [5.41, 5.74) is 4.86. The molecule has 2 rings (SSSR count). The minimum absolute atomic E-state index is 0.0888. The van der Waals surface area contributed by atoms with Crippen LogP contribution in [0.2, 0.25) is 0 Å². The van der Waals surface area contributed by atoms with E-state index in [-0.39, 0.29) is 11.9 Å². The molecule has 0 unspecified atom stereocenters. The molecule has 1 aliphatic rings. The minimum Gasteiger partial charge on any atom is -0.350 e. The fourth-order valence-electron chi connectivity index (χ4n) is 2.87. The number of carbonyl (C=O) groups is 2. The fraction of sp³-hybridized carbons (Fsp3) is 0.467. The second kappa shape index (κ2) is 6.76. The number of quaternary nitrogens is 1. The first-order valence-electron chi connectivity index (χ1n) is 7.35. The van der Waals surface area contributed by atoms with Gasteiger partial charge in [0.05, 0.1) is 5.56 Å². The molecular weight excluding hydrogens is 284 g/mol. The average Bonchev–Trinajstić information content (AvgIpc) is 2.84. The van der Waals surface area contributed by atoms with Crippen molar-refractivity contribution in [3.8, 4) is 0 Å². The van der Waals surface area contributed by atoms with Crippen molar-refractivity contribution >= 4 is 17.6 Å². The third kappa shape index (κ3) is 3.20. The minimum atomic E-state index is -0.183. The van der Waals surface area contributed by atoms with Gasteiger partial charge < -0.3 is 15.5 Å². The molecule has 0 spiro atoms. The molecule has 1 aliphatic heterocycles. The lowest BCUT2D eigenvalue weighted by atomic mass is 9.97. The summed E-state index contributed by atoms with van der Waals surface area (Å²) < 4.78 is 0. The van der Waals surface area contributed by atoms with Crippen LogP contribution in [0.3, 0.4) is 0 Å². The van der Waals surface area contributed by atoms with Gasteiger partial charge in [0.1, 0.15) is 0 Å². The monoisotopic (exact) mass is 307 g/mol. The zero-order chi connectivity index (χ0) is 16.3. The average molecular weight is 307 g/mol. The highest BCUT2D eigenvalue weighted by molar-refractivity contribution is 5.98. The molecule has 0 atom stereocenters. The summed E-state index contributed by atoms with van der Waals surface area (Å²) in [4.78, 5) is 25.5. The Bertz CT molecular complexity index is 601. The van der Waals surface area contributed by atoms with Crippen molar-refractivity contribution < 1.29 is 20.3 Å². The standard InChI is InChI=1S/C15H22N4O3/c1-9-8-10(2)13(18-22)11(3)12(9)14(20)16-4-6-19-7-5-17-15(19)21/h8,18,22H,4-7H2,1-3H3,(H,16,20)(H,17,21)/p+1. The van der Waals surface area contributed by atoms with E-state index in [9.17, 15) is 14.8 Å². The van der Waals surface area contributed by atoms with Crippen LogP contribution in [0.15, 0.2) is 6.07 Å². The summed E-state index contributed by atoms with van der Waals surface area (Å²) >= 11 is 0. The number of hydrogen-bond donors (Lipinski definition) is 4. The summed E-state index contributed by atoms with van der Waals surface area (Å²) in [6.45, 7) is 7.81. The Morgan fingerprint density at radius 3 is 2.73 bits per heavy atom. The molecular formula is C15H23N4O3+. The van der Waals surface area contributed by atoms with Gasteiger partial charge in [-0.3, -0.25) is 4.79 Å². The van der Waals surface area contributed by atoms with Crippen LogP contribution in [0.25, 0.3) is 0 Å². The predicted octanol–water partition coefficient (Wildman–Crippen LogP) is -0.0490. The lowest BCUT2D eigenvalue weighted by Crippen LogP contribution is -2.74. The predicted molar refractivity (Wildman–Crippen MR) is 81.3 cm³/mol. The fourth-order valence-corrected chi connectivity index (χ4v) is 2.87. The van der Waals surface area contributed by atoms with Crippen LogP contribution in [-0.2, 0) is 0 Å². The molecule has 5 N–H and O–H groups in total. The summed E-state index contributed by atoms with van der Waals surface area (Å²) in [6.07, 6.45) is 0. The van der Waals surface area contributed by atoms with E-state index < -0.39 is 0 Å². The zero-order valence-electron chi connectivity index (χ0n) is 13.2. The van der Waals surface area contributed by atoms with Crippen LogP contribution in [0.5, 0.6) is 0 Å². The number of carbonyl (C=O) groups excluding carboxylic acids is 2. The van der Waals surface area contributed by atoms with Crippen LogP contribution in [0.1, 0.15) is 27.0 Å². The Morgan fingerprint density at radius 2 is 2.14 bits per heavy atom. The number of hydrogen-bond acceptors (Lipinski definition) is 3. The molecule has 1 saturated heterocycles. The SMILES string of the molecule is Cc1cc(C)c(C(=O)NCCN2CCNC2=O)c(C)c1[NH2+]O. The number of nitrogens with one attached hydrogen (secondary N) is 2. The molecule has 1 aromatic rings. The van der Waals surface area contributed by atoms with Crippen molar-refractivity contribution in [2.75, 3.05) is 26.2 Å². The highest BCUT2D eigenvalue weighted by Gasteiger charge is 2.21. The molecule has 22 heavy (non-hydrogen) atoms. The van der Waals surface area contributed by atoms with Crippen molar-refractivity contribution in [1.29, 1.82) is 0 Å². The van der Waals surface area contributed by atoms with Crippen molar-refractivity contribution in [2.45, 2.75) is 20.8 Å². The van der Waals surface area contributed by atoms with Gasteiger partial charge >= 0.3 is 6.03 Å². The van der Waals surface area contributed by atoms with Gasteiger partial charge in [-0.1, -0.05) is 0 Å². The van der Waals surface area contributed by atoms with Crippen LogP contribution in [0.4, 0.5) is 10.5 Å². The molecule has 0 aromatic heterocycles. The van der Waals surface area contributed by atoms with Gasteiger partial charge in [-0.25, -0.2) is 10.0 Å². The third-order valence-corrected chi connectivity index (χ3v) is 4.00. The molecule has 1 aromatic carbocycles. The van der Waals surface area contributed by atoms with Crippen LogP contribution in [-0.4, -0.2) is 48.2 Å². The Hall–Kier alpha value is -2.12. The number of benzene rings is 1. The van der Waals surface area contributed by atoms with E-state index in [1.165, 1.54) is 0 Å². The normalized spacial score (nSPS) is 14.2. The van der Waals surface area contributed by atoms with E-state index in [0.717, 1.165) is 22.2 Å². The van der Waals surface area contributed by atoms with Crippen molar-refractivity contribution in [3.63, 3.8) is 0 Å². The molecule has 0 saturated carbocycles. The second-order valence-corrected chi connectivity index (χ2v) is 5.53. The van der Waals surface area contributed by atoms with E-state index >= 15 is 0 Å². The molecule has 1 heterocycles. The first-order chi connectivity index (χ1) is 10.5. The molecule has 0 radical (unpaired) electrons. The Balaban J connectivity index is 2.05. The lowest BCUT2D eigenvalue weighted by Gasteiger charge is -2.16. The largest absolute Gasteiger partial charge is 0.350 e. The van der Waals surface area contributed by atoms with Crippen molar-refractivity contribution in [2.24, 2.45) is 0 Å². The van der Waals surface area contributed by atoms with Gasteiger partial charge in [-0.2, -0.15) is 5.48 Å². The van der Waals surface area contributed by atoms with Crippen LogP contribution >= 0.6 is 0 Å². The van der Waals surface area contributed by atoms with E-state index in [1.807, 2.05) is 26.8 Å². The first-order valence-corrected chi connectivity index (χ1v) is 7.35. The molecule has 7 heteroatoms. The highest BCUT2D eigenvalue weighted by Crippen LogP contribution is 2.23. The van der Waals surface area contributed by atoms with Crippen LogP contribution in [0, 0.1) is 20.8 Å². The van der Waals surface area contributed by atoms with Crippen molar-refractivity contribution in [3.05, 3.63) is 28.3 Å². The van der Waals surface area contributed by atoms with Gasteiger partial charge in [-0.05, 0) is 32.4 Å². The summed E-state index contributed by atoms with van der Waals surface area (Å²) in [7, 11) is 0. The molecule has 3 amide bonds. The van der Waals surface area contributed by atoms with Gasteiger partial charge in [0.15, 0.2) is 5.69 Å². The lowest BCUT2D eigenvalue weighted by molar-refractivity contribution is -0.826. The summed E-state index contributed by atoms with van der Waals surface area (Å²) in [5.74, 6) is -0.183. The molecule has 0 aliphatic carbocycles. The zero-order valence-corrected chi connectivity index (χ0v) is 13.2. The number of rotatable bonds is 5. The maximum Gasteiger partial charge on any atom is 0.317 e. The van der Waals surface area contributed by atoms with Gasteiger partial charge in [-0.15, -0.1) is 0 Å². The maximum absolute atomic E-state index is 12.4. The van der Waals surface area contributed by atoms with E-state index in [4.69, 9.17) is 0 Å².